The number of epoxide rings is 1. The fraction of sp³-hybridized carbons (Fsp3) is 1.00. The van der Waals surface area contributed by atoms with Gasteiger partial charge in [-0.2, -0.15) is 0 Å². The largest absolute Gasteiger partial charge is 0.373 e. The Bertz CT molecular complexity index is 96.1. The van der Waals surface area contributed by atoms with Crippen LogP contribution in [0.4, 0.5) is 0 Å². The predicted molar refractivity (Wildman–Crippen MR) is 49.3 cm³/mol. The lowest BCUT2D eigenvalue weighted by Crippen LogP contribution is -2.21. The van der Waals surface area contributed by atoms with Crippen LogP contribution in [0.25, 0.3) is 0 Å². The van der Waals surface area contributed by atoms with Crippen LogP contribution in [-0.2, 0) is 4.74 Å². The second-order valence-corrected chi connectivity index (χ2v) is 3.10. The second-order valence-electron chi connectivity index (χ2n) is 3.10. The van der Waals surface area contributed by atoms with Gasteiger partial charge in [-0.05, 0) is 25.4 Å². The van der Waals surface area contributed by atoms with Crippen LogP contribution in [0.5, 0.6) is 0 Å². The molecule has 0 spiro atoms. The van der Waals surface area contributed by atoms with E-state index in [1.165, 1.54) is 6.42 Å². The molecular formula is C8H18ClNO. The maximum absolute atomic E-state index is 5.13. The van der Waals surface area contributed by atoms with E-state index in [9.17, 15) is 0 Å². The van der Waals surface area contributed by atoms with E-state index in [2.05, 4.69) is 19.2 Å². The summed E-state index contributed by atoms with van der Waals surface area (Å²) in [6, 6.07) is 0. The van der Waals surface area contributed by atoms with E-state index in [-0.39, 0.29) is 12.4 Å². The van der Waals surface area contributed by atoms with Gasteiger partial charge in [-0.15, -0.1) is 12.4 Å². The highest BCUT2D eigenvalue weighted by atomic mass is 35.5. The Morgan fingerprint density at radius 3 is 2.73 bits per heavy atom. The predicted octanol–water partition coefficient (Wildman–Crippen LogP) is 1.44. The van der Waals surface area contributed by atoms with Gasteiger partial charge in [-0.1, -0.05) is 13.8 Å². The average molecular weight is 180 g/mol. The minimum Gasteiger partial charge on any atom is -0.373 e. The molecule has 2 atom stereocenters. The van der Waals surface area contributed by atoms with Gasteiger partial charge in [0.15, 0.2) is 0 Å². The summed E-state index contributed by atoms with van der Waals surface area (Å²) >= 11 is 0. The maximum Gasteiger partial charge on any atom is 0.0813 e. The van der Waals surface area contributed by atoms with Crippen LogP contribution in [0.2, 0.25) is 0 Å². The van der Waals surface area contributed by atoms with Crippen LogP contribution in [0.3, 0.4) is 0 Å². The molecule has 68 valence electrons. The van der Waals surface area contributed by atoms with Crippen molar-refractivity contribution in [3.8, 4) is 0 Å². The third kappa shape index (κ3) is 5.48. The molecule has 1 aliphatic heterocycles. The van der Waals surface area contributed by atoms with E-state index < -0.39 is 0 Å². The van der Waals surface area contributed by atoms with Gasteiger partial charge in [0.05, 0.1) is 12.7 Å². The summed E-state index contributed by atoms with van der Waals surface area (Å²) in [7, 11) is 0. The molecule has 0 radical (unpaired) electrons. The fourth-order valence-corrected chi connectivity index (χ4v) is 1.13. The Balaban J connectivity index is 0.000001000. The summed E-state index contributed by atoms with van der Waals surface area (Å²) in [4.78, 5) is 0. The van der Waals surface area contributed by atoms with Crippen LogP contribution in [0.15, 0.2) is 0 Å². The van der Waals surface area contributed by atoms with Crippen molar-refractivity contribution in [2.45, 2.75) is 26.4 Å². The second kappa shape index (κ2) is 5.81. The summed E-state index contributed by atoms with van der Waals surface area (Å²) < 4.78 is 5.13. The molecule has 2 unspecified atom stereocenters. The minimum atomic E-state index is 0. The van der Waals surface area contributed by atoms with Gasteiger partial charge < -0.3 is 10.1 Å². The quantitative estimate of drug-likeness (QED) is 0.647. The standard InChI is InChI=1S/C8H17NO.ClH/c1-3-9-5-7(2)4-8-6-10-8;/h7-9H,3-6H2,1-2H3;1H. The van der Waals surface area contributed by atoms with Gasteiger partial charge in [-0.3, -0.25) is 0 Å². The Morgan fingerprint density at radius 2 is 2.27 bits per heavy atom. The number of rotatable bonds is 5. The van der Waals surface area contributed by atoms with E-state index in [1.807, 2.05) is 0 Å². The van der Waals surface area contributed by atoms with Gasteiger partial charge in [0.1, 0.15) is 0 Å². The number of hydrogen-bond donors (Lipinski definition) is 1. The third-order valence-corrected chi connectivity index (χ3v) is 1.81. The summed E-state index contributed by atoms with van der Waals surface area (Å²) in [6.07, 6.45) is 1.82. The zero-order valence-corrected chi connectivity index (χ0v) is 8.12. The maximum atomic E-state index is 5.13. The Hall–Kier alpha value is 0.210. The van der Waals surface area contributed by atoms with Crippen LogP contribution < -0.4 is 5.32 Å². The van der Waals surface area contributed by atoms with E-state index in [1.54, 1.807) is 0 Å². The van der Waals surface area contributed by atoms with Crippen molar-refractivity contribution in [2.24, 2.45) is 5.92 Å². The molecule has 0 amide bonds. The first-order valence-corrected chi connectivity index (χ1v) is 4.15. The molecule has 1 fully saturated rings. The lowest BCUT2D eigenvalue weighted by atomic mass is 10.1. The van der Waals surface area contributed by atoms with Gasteiger partial charge in [0, 0.05) is 0 Å². The van der Waals surface area contributed by atoms with Crippen molar-refractivity contribution in [3.63, 3.8) is 0 Å². The molecule has 3 heteroatoms. The average Bonchev–Trinajstić information content (AvgIpc) is 2.67. The number of halogens is 1. The molecule has 0 aromatic rings. The van der Waals surface area contributed by atoms with E-state index in [4.69, 9.17) is 4.74 Å². The Kier molecular flexibility index (Phi) is 5.92. The molecular weight excluding hydrogens is 162 g/mol. The van der Waals surface area contributed by atoms with Crippen molar-refractivity contribution in [3.05, 3.63) is 0 Å². The number of nitrogens with one attached hydrogen (secondary N) is 1. The third-order valence-electron chi connectivity index (χ3n) is 1.81. The van der Waals surface area contributed by atoms with Crippen molar-refractivity contribution < 1.29 is 4.74 Å². The molecule has 1 aliphatic rings. The first kappa shape index (κ1) is 11.2. The van der Waals surface area contributed by atoms with Crippen molar-refractivity contribution in [1.29, 1.82) is 0 Å². The lowest BCUT2D eigenvalue weighted by molar-refractivity contribution is 0.356. The molecule has 0 aromatic heterocycles. The zero-order valence-electron chi connectivity index (χ0n) is 7.30. The highest BCUT2D eigenvalue weighted by Gasteiger charge is 2.24. The summed E-state index contributed by atoms with van der Waals surface area (Å²) in [5.41, 5.74) is 0. The first-order valence-electron chi connectivity index (χ1n) is 4.15. The minimum absolute atomic E-state index is 0. The van der Waals surface area contributed by atoms with E-state index >= 15 is 0 Å². The van der Waals surface area contributed by atoms with E-state index in [0.717, 1.165) is 25.6 Å². The highest BCUT2D eigenvalue weighted by molar-refractivity contribution is 5.85. The molecule has 0 aliphatic carbocycles. The van der Waals surface area contributed by atoms with Crippen molar-refractivity contribution in [2.75, 3.05) is 19.7 Å². The van der Waals surface area contributed by atoms with Gasteiger partial charge >= 0.3 is 0 Å². The normalized spacial score (nSPS) is 24.0. The first-order chi connectivity index (χ1) is 4.83. The number of ether oxygens (including phenoxy) is 1. The molecule has 0 bridgehead atoms. The molecule has 0 aromatic carbocycles. The van der Waals surface area contributed by atoms with Gasteiger partial charge in [0.25, 0.3) is 0 Å². The van der Waals surface area contributed by atoms with Crippen molar-refractivity contribution in [1.82, 2.24) is 5.32 Å². The Labute approximate surface area is 75.1 Å². The summed E-state index contributed by atoms with van der Waals surface area (Å²) in [6.45, 7) is 7.62. The summed E-state index contributed by atoms with van der Waals surface area (Å²) in [5, 5.41) is 3.33. The molecule has 1 N–H and O–H groups in total. The summed E-state index contributed by atoms with van der Waals surface area (Å²) in [5.74, 6) is 0.771. The molecule has 11 heavy (non-hydrogen) atoms. The zero-order chi connectivity index (χ0) is 7.40. The molecule has 0 saturated carbocycles. The SMILES string of the molecule is CCNCC(C)CC1CO1.Cl. The molecule has 1 heterocycles. The molecule has 2 nitrogen and oxygen atoms in total. The molecule has 1 rings (SSSR count). The smallest absolute Gasteiger partial charge is 0.0813 e. The fourth-order valence-electron chi connectivity index (χ4n) is 1.13. The van der Waals surface area contributed by atoms with Crippen LogP contribution in [-0.4, -0.2) is 25.8 Å². The topological polar surface area (TPSA) is 24.6 Å². The molecule has 1 saturated heterocycles. The Morgan fingerprint density at radius 1 is 1.64 bits per heavy atom. The van der Waals surface area contributed by atoms with E-state index in [0.29, 0.717) is 6.10 Å². The lowest BCUT2D eigenvalue weighted by Gasteiger charge is -2.08. The van der Waals surface area contributed by atoms with Gasteiger partial charge in [0.2, 0.25) is 0 Å². The monoisotopic (exact) mass is 179 g/mol. The highest BCUT2D eigenvalue weighted by Crippen LogP contribution is 2.18. The van der Waals surface area contributed by atoms with Crippen LogP contribution in [0, 0.1) is 5.92 Å². The number of hydrogen-bond acceptors (Lipinski definition) is 2. The van der Waals surface area contributed by atoms with Gasteiger partial charge in [-0.25, -0.2) is 0 Å². The van der Waals surface area contributed by atoms with Crippen molar-refractivity contribution >= 4 is 12.4 Å². The van der Waals surface area contributed by atoms with Crippen LogP contribution >= 0.6 is 12.4 Å². The van der Waals surface area contributed by atoms with Crippen LogP contribution in [0.1, 0.15) is 20.3 Å².